The van der Waals surface area contributed by atoms with E-state index >= 15 is 0 Å². The zero-order chi connectivity index (χ0) is 16.6. The van der Waals surface area contributed by atoms with Crippen molar-refractivity contribution in [1.29, 1.82) is 0 Å². The number of carboxylic acids is 2. The van der Waals surface area contributed by atoms with E-state index in [-0.39, 0.29) is 5.97 Å². The van der Waals surface area contributed by atoms with Crippen LogP contribution in [0.4, 0.5) is 0 Å². The fraction of sp³-hybridized carbons (Fsp3) is 0.167. The van der Waals surface area contributed by atoms with Crippen LogP contribution in [0.2, 0.25) is 0 Å². The van der Waals surface area contributed by atoms with Crippen LogP contribution < -0.4 is 0 Å². The fourth-order valence-electron chi connectivity index (χ4n) is 0.325. The van der Waals surface area contributed by atoms with Gasteiger partial charge in [0.25, 0.3) is 0 Å². The second-order valence-corrected chi connectivity index (χ2v) is 2.51. The molecule has 0 aromatic rings. The van der Waals surface area contributed by atoms with Gasteiger partial charge < -0.3 is 19.7 Å². The number of esters is 2. The van der Waals surface area contributed by atoms with Crippen molar-refractivity contribution < 1.29 is 38.9 Å². The number of methoxy groups -OCH3 is 1. The molecule has 0 rings (SSSR count). The van der Waals surface area contributed by atoms with Gasteiger partial charge in [0.2, 0.25) is 0 Å². The van der Waals surface area contributed by atoms with Crippen molar-refractivity contribution in [2.45, 2.75) is 6.92 Å². The first-order valence-corrected chi connectivity index (χ1v) is 4.83. The fourth-order valence-corrected chi connectivity index (χ4v) is 0.325. The molecule has 0 radical (unpaired) electrons. The van der Waals surface area contributed by atoms with Crippen molar-refractivity contribution in [1.82, 2.24) is 0 Å². The molecule has 2 N–H and O–H groups in total. The Balaban J connectivity index is -0.000000230. The van der Waals surface area contributed by atoms with E-state index in [0.717, 1.165) is 18.4 Å². The van der Waals surface area contributed by atoms with Gasteiger partial charge in [-0.15, -0.1) is 0 Å². The van der Waals surface area contributed by atoms with Crippen LogP contribution in [0.5, 0.6) is 0 Å². The predicted molar refractivity (Wildman–Crippen MR) is 68.6 cm³/mol. The van der Waals surface area contributed by atoms with Crippen LogP contribution in [0.15, 0.2) is 37.6 Å². The molecule has 0 saturated carbocycles. The van der Waals surface area contributed by atoms with Crippen molar-refractivity contribution in [3.63, 3.8) is 0 Å². The maximum absolute atomic E-state index is 10.1. The number of ether oxygens (including phenoxy) is 2. The number of aliphatic carboxylic acids is 2. The molecule has 8 nitrogen and oxygen atoms in total. The van der Waals surface area contributed by atoms with E-state index < -0.39 is 17.9 Å². The molecule has 0 aromatic heterocycles. The molecule has 0 fully saturated rings. The van der Waals surface area contributed by atoms with Gasteiger partial charge in [-0.3, -0.25) is 4.79 Å². The molecule has 0 aliphatic rings. The highest BCUT2D eigenvalue weighted by Gasteiger charge is 1.91. The monoisotopic (exact) mass is 288 g/mol. The lowest BCUT2D eigenvalue weighted by Crippen LogP contribution is -1.96. The minimum absolute atomic E-state index is 0.329. The molecular formula is C12H16O8. The Hall–Kier alpha value is -2.90. The highest BCUT2D eigenvalue weighted by Crippen LogP contribution is 1.76. The van der Waals surface area contributed by atoms with E-state index in [1.165, 1.54) is 14.0 Å². The van der Waals surface area contributed by atoms with Crippen LogP contribution >= 0.6 is 0 Å². The van der Waals surface area contributed by atoms with Crippen molar-refractivity contribution in [2.24, 2.45) is 0 Å². The molecule has 0 aliphatic carbocycles. The topological polar surface area (TPSA) is 127 Å². The highest BCUT2D eigenvalue weighted by atomic mass is 16.5. The van der Waals surface area contributed by atoms with Crippen LogP contribution in [0.25, 0.3) is 0 Å². The van der Waals surface area contributed by atoms with E-state index in [4.69, 9.17) is 10.2 Å². The summed E-state index contributed by atoms with van der Waals surface area (Å²) >= 11 is 0. The summed E-state index contributed by atoms with van der Waals surface area (Å²) in [4.78, 5) is 38.9. The molecule has 0 spiro atoms. The lowest BCUT2D eigenvalue weighted by Gasteiger charge is -1.85. The van der Waals surface area contributed by atoms with E-state index in [2.05, 4.69) is 22.6 Å². The summed E-state index contributed by atoms with van der Waals surface area (Å²) in [5, 5.41) is 15.6. The molecule has 0 amide bonds. The SMILES string of the molecule is C=CC(=O)O.C=COC(C)=O.COC(=O)C=CC(=O)O. The summed E-state index contributed by atoms with van der Waals surface area (Å²) in [6, 6.07) is 0. The molecule has 0 unspecified atom stereocenters. The van der Waals surface area contributed by atoms with Crippen molar-refractivity contribution >= 4 is 23.9 Å². The summed E-state index contributed by atoms with van der Waals surface area (Å²) in [7, 11) is 1.18. The van der Waals surface area contributed by atoms with Crippen LogP contribution in [0, 0.1) is 0 Å². The van der Waals surface area contributed by atoms with Crippen molar-refractivity contribution in [2.75, 3.05) is 7.11 Å². The molecular weight excluding hydrogens is 272 g/mol. The van der Waals surface area contributed by atoms with Gasteiger partial charge in [0, 0.05) is 25.2 Å². The third kappa shape index (κ3) is 36.3. The first-order valence-electron chi connectivity index (χ1n) is 4.83. The van der Waals surface area contributed by atoms with Gasteiger partial charge in [-0.2, -0.15) is 0 Å². The second-order valence-electron chi connectivity index (χ2n) is 2.51. The summed E-state index contributed by atoms with van der Waals surface area (Å²) in [5.74, 6) is -3.15. The molecule has 0 atom stereocenters. The molecule has 0 aromatic carbocycles. The molecule has 20 heavy (non-hydrogen) atoms. The third-order valence-corrected chi connectivity index (χ3v) is 0.987. The Morgan fingerprint density at radius 1 is 1.00 bits per heavy atom. The average molecular weight is 288 g/mol. The Kier molecular flexibility index (Phi) is 17.9. The molecule has 0 aliphatic heterocycles. The van der Waals surface area contributed by atoms with E-state index in [9.17, 15) is 19.2 Å². The zero-order valence-electron chi connectivity index (χ0n) is 11.1. The van der Waals surface area contributed by atoms with Gasteiger partial charge in [-0.05, 0) is 0 Å². The Labute approximate surface area is 115 Å². The minimum atomic E-state index is -1.17. The van der Waals surface area contributed by atoms with E-state index in [1.54, 1.807) is 0 Å². The van der Waals surface area contributed by atoms with Gasteiger partial charge in [-0.1, -0.05) is 13.2 Å². The molecule has 8 heteroatoms. The predicted octanol–water partition coefficient (Wildman–Crippen LogP) is 0.750. The number of rotatable bonds is 4. The largest absolute Gasteiger partial charge is 0.478 e. The Morgan fingerprint density at radius 3 is 1.60 bits per heavy atom. The first-order chi connectivity index (χ1) is 9.20. The van der Waals surface area contributed by atoms with Crippen LogP contribution in [-0.4, -0.2) is 41.2 Å². The minimum Gasteiger partial charge on any atom is -0.478 e. The number of carboxylic acid groups (broad SMARTS) is 2. The van der Waals surface area contributed by atoms with Crippen LogP contribution in [-0.2, 0) is 28.7 Å². The maximum Gasteiger partial charge on any atom is 0.330 e. The van der Waals surface area contributed by atoms with E-state index in [0.29, 0.717) is 6.08 Å². The highest BCUT2D eigenvalue weighted by molar-refractivity contribution is 5.90. The lowest BCUT2D eigenvalue weighted by atomic mass is 10.5. The summed E-state index contributed by atoms with van der Waals surface area (Å²) in [5.41, 5.74) is 0. The molecule has 0 saturated heterocycles. The number of hydrogen-bond acceptors (Lipinski definition) is 6. The van der Waals surface area contributed by atoms with Crippen LogP contribution in [0.3, 0.4) is 0 Å². The van der Waals surface area contributed by atoms with Gasteiger partial charge in [0.15, 0.2) is 0 Å². The van der Waals surface area contributed by atoms with Gasteiger partial charge >= 0.3 is 23.9 Å². The first kappa shape index (κ1) is 22.3. The Bertz CT molecular complexity index is 381. The van der Waals surface area contributed by atoms with Crippen LogP contribution in [0.1, 0.15) is 6.92 Å². The van der Waals surface area contributed by atoms with E-state index in [1.807, 2.05) is 0 Å². The summed E-state index contributed by atoms with van der Waals surface area (Å²) in [6.07, 6.45) is 3.48. The Morgan fingerprint density at radius 2 is 1.45 bits per heavy atom. The molecule has 0 heterocycles. The number of hydrogen-bond donors (Lipinski definition) is 2. The average Bonchev–Trinajstić information content (AvgIpc) is 2.37. The number of carbonyl (C=O) groups is 4. The van der Waals surface area contributed by atoms with Gasteiger partial charge in [0.05, 0.1) is 13.4 Å². The molecule has 112 valence electrons. The van der Waals surface area contributed by atoms with Crippen molar-refractivity contribution in [3.8, 4) is 0 Å². The molecule has 0 bridgehead atoms. The maximum atomic E-state index is 10.1. The van der Waals surface area contributed by atoms with Gasteiger partial charge in [0.1, 0.15) is 0 Å². The summed E-state index contributed by atoms with van der Waals surface area (Å²) in [6.45, 7) is 7.44. The van der Waals surface area contributed by atoms with Crippen molar-refractivity contribution in [3.05, 3.63) is 37.6 Å². The number of carbonyl (C=O) groups excluding carboxylic acids is 2. The normalized spacial score (nSPS) is 7.90. The smallest absolute Gasteiger partial charge is 0.330 e. The zero-order valence-corrected chi connectivity index (χ0v) is 11.1. The quantitative estimate of drug-likeness (QED) is 0.440. The summed E-state index contributed by atoms with van der Waals surface area (Å²) < 4.78 is 8.28. The standard InChI is InChI=1S/C5H6O4.C4H6O2.C3H4O2/c1-9-5(8)3-2-4(6)7;1-3-6-4(2)5;1-2-3(4)5/h2-3H,1H3,(H,6,7);3H,1H2,2H3;2H,1H2,(H,4,5). The third-order valence-electron chi connectivity index (χ3n) is 0.987. The second kappa shape index (κ2) is 16.1. The van der Waals surface area contributed by atoms with Gasteiger partial charge in [-0.25, -0.2) is 14.4 Å². The lowest BCUT2D eigenvalue weighted by molar-refractivity contribution is -0.136.